The van der Waals surface area contributed by atoms with Gasteiger partial charge in [0.25, 0.3) is 0 Å². The SMILES string of the molecule is C.CC.CC(C)(C)[C-]=O.[CH2-]c1ccc(COC(C)(C)C)cc1.[Y]. The zero-order chi connectivity index (χ0) is 17.1. The molecule has 0 atom stereocenters. The Bertz CT molecular complexity index is 370. The number of hydrogen-bond acceptors (Lipinski definition) is 2. The van der Waals surface area contributed by atoms with Gasteiger partial charge in [-0.1, -0.05) is 42.0 Å². The first-order valence-electron chi connectivity index (χ1n) is 7.48. The second kappa shape index (κ2) is 15.4. The molecular formula is C20H36O2Y-2. The van der Waals surface area contributed by atoms with E-state index >= 15 is 0 Å². The van der Waals surface area contributed by atoms with Crippen LogP contribution in [0, 0.1) is 12.3 Å². The van der Waals surface area contributed by atoms with Crippen LogP contribution in [0.3, 0.4) is 0 Å². The van der Waals surface area contributed by atoms with E-state index in [9.17, 15) is 4.79 Å². The van der Waals surface area contributed by atoms with E-state index in [0.29, 0.717) is 6.61 Å². The van der Waals surface area contributed by atoms with Crippen LogP contribution in [0.1, 0.15) is 73.9 Å². The van der Waals surface area contributed by atoms with Crippen molar-refractivity contribution in [2.24, 2.45) is 5.41 Å². The van der Waals surface area contributed by atoms with Crippen LogP contribution in [-0.2, 0) is 48.8 Å². The average Bonchev–Trinajstić information content (AvgIpc) is 2.39. The summed E-state index contributed by atoms with van der Waals surface area (Å²) >= 11 is 0. The Morgan fingerprint density at radius 1 is 1.00 bits per heavy atom. The van der Waals surface area contributed by atoms with Crippen LogP contribution in [0.5, 0.6) is 0 Å². The number of hydrogen-bond donors (Lipinski definition) is 0. The third-order valence-corrected chi connectivity index (χ3v) is 2.00. The standard InChI is InChI=1S/C12H17O.C5H9O.C2H6.CH4.Y/c1-10-5-7-11(8-6-10)9-13-12(2,3)4;1-5(2,3)4-6;1-2;;/h5-8H,1,9H2,2-4H3;1-3H3;1-2H3;1H4;/q2*-1;;;. The van der Waals surface area contributed by atoms with E-state index in [4.69, 9.17) is 4.74 Å². The molecule has 2 nitrogen and oxygen atoms in total. The molecule has 0 amide bonds. The van der Waals surface area contributed by atoms with Gasteiger partial charge in [0.15, 0.2) is 0 Å². The molecule has 3 heteroatoms. The smallest absolute Gasteiger partial charge is 0.0703 e. The third kappa shape index (κ3) is 24.2. The molecule has 1 aromatic carbocycles. The Hall–Kier alpha value is -0.176. The Balaban J connectivity index is -0.000000156. The van der Waals surface area contributed by atoms with Gasteiger partial charge in [0.05, 0.1) is 12.2 Å². The van der Waals surface area contributed by atoms with Gasteiger partial charge < -0.3 is 9.53 Å². The van der Waals surface area contributed by atoms with Crippen molar-refractivity contribution >= 4 is 6.29 Å². The van der Waals surface area contributed by atoms with E-state index in [1.54, 1.807) is 0 Å². The topological polar surface area (TPSA) is 26.3 Å². The Kier molecular flexibility index (Phi) is 20.5. The van der Waals surface area contributed by atoms with Crippen molar-refractivity contribution in [1.29, 1.82) is 0 Å². The van der Waals surface area contributed by atoms with E-state index < -0.39 is 0 Å². The van der Waals surface area contributed by atoms with E-state index in [1.165, 1.54) is 5.56 Å². The van der Waals surface area contributed by atoms with Gasteiger partial charge >= 0.3 is 0 Å². The molecule has 0 spiro atoms. The number of ether oxygens (including phenoxy) is 1. The summed E-state index contributed by atoms with van der Waals surface area (Å²) in [7, 11) is 0. The van der Waals surface area contributed by atoms with Crippen molar-refractivity contribution in [3.63, 3.8) is 0 Å². The molecule has 0 N–H and O–H groups in total. The molecule has 0 aliphatic heterocycles. The molecule has 0 bridgehead atoms. The van der Waals surface area contributed by atoms with Gasteiger partial charge in [-0.2, -0.15) is 24.6 Å². The van der Waals surface area contributed by atoms with Gasteiger partial charge in [-0.3, -0.25) is 6.29 Å². The van der Waals surface area contributed by atoms with Gasteiger partial charge in [-0.05, 0) is 26.3 Å². The van der Waals surface area contributed by atoms with E-state index in [1.807, 2.05) is 65.2 Å². The van der Waals surface area contributed by atoms with Gasteiger partial charge in [0.1, 0.15) is 0 Å². The molecule has 0 heterocycles. The molecule has 1 rings (SSSR count). The van der Waals surface area contributed by atoms with Crippen molar-refractivity contribution in [1.82, 2.24) is 0 Å². The second-order valence-corrected chi connectivity index (χ2v) is 6.57. The van der Waals surface area contributed by atoms with Crippen LogP contribution in [0.15, 0.2) is 24.3 Å². The summed E-state index contributed by atoms with van der Waals surface area (Å²) in [5.41, 5.74) is 1.91. The Labute approximate surface area is 170 Å². The average molecular weight is 397 g/mol. The van der Waals surface area contributed by atoms with Crippen LogP contribution in [0.2, 0.25) is 0 Å². The molecule has 133 valence electrons. The molecular weight excluding hydrogens is 361 g/mol. The first-order chi connectivity index (χ1) is 9.53. The summed E-state index contributed by atoms with van der Waals surface area (Å²) in [4.78, 5) is 9.70. The fourth-order valence-corrected chi connectivity index (χ4v) is 0.935. The molecule has 1 radical (unpaired) electrons. The predicted molar refractivity (Wildman–Crippen MR) is 98.7 cm³/mol. The Morgan fingerprint density at radius 3 is 1.61 bits per heavy atom. The van der Waals surface area contributed by atoms with E-state index in [0.717, 1.165) is 5.56 Å². The van der Waals surface area contributed by atoms with Crippen molar-refractivity contribution in [3.8, 4) is 0 Å². The van der Waals surface area contributed by atoms with Crippen molar-refractivity contribution in [2.75, 3.05) is 0 Å². The fourth-order valence-electron chi connectivity index (χ4n) is 0.935. The minimum atomic E-state index is -0.264. The molecule has 0 fully saturated rings. The van der Waals surface area contributed by atoms with E-state index in [2.05, 4.69) is 27.7 Å². The first kappa shape index (κ1) is 30.7. The van der Waals surface area contributed by atoms with Crippen LogP contribution in [0.25, 0.3) is 0 Å². The summed E-state index contributed by atoms with van der Waals surface area (Å²) in [5, 5.41) is 0. The van der Waals surface area contributed by atoms with Gasteiger partial charge in [0.2, 0.25) is 0 Å². The molecule has 0 aliphatic rings. The summed E-state index contributed by atoms with van der Waals surface area (Å²) in [5.74, 6) is 0. The van der Waals surface area contributed by atoms with Crippen LogP contribution in [-0.4, -0.2) is 11.9 Å². The van der Waals surface area contributed by atoms with Crippen LogP contribution < -0.4 is 0 Å². The predicted octanol–water partition coefficient (Wildman–Crippen LogP) is 5.99. The second-order valence-electron chi connectivity index (χ2n) is 6.57. The van der Waals surface area contributed by atoms with Crippen LogP contribution >= 0.6 is 0 Å². The molecule has 0 aliphatic carbocycles. The normalized spacial score (nSPS) is 9.74. The quantitative estimate of drug-likeness (QED) is 0.574. The largest absolute Gasteiger partial charge is 0.541 e. The molecule has 0 saturated heterocycles. The van der Waals surface area contributed by atoms with Gasteiger partial charge in [0, 0.05) is 32.7 Å². The van der Waals surface area contributed by atoms with Gasteiger partial charge in [-0.15, -0.1) is 17.5 Å². The van der Waals surface area contributed by atoms with Crippen molar-refractivity contribution in [2.45, 2.75) is 75.0 Å². The monoisotopic (exact) mass is 397 g/mol. The van der Waals surface area contributed by atoms with Gasteiger partial charge in [-0.25, -0.2) is 0 Å². The van der Waals surface area contributed by atoms with Crippen molar-refractivity contribution in [3.05, 3.63) is 42.3 Å². The maximum absolute atomic E-state index is 9.70. The number of carbonyl (C=O) groups excluding carboxylic acids is 1. The molecule has 1 aromatic rings. The number of benzene rings is 1. The molecule has 0 unspecified atom stereocenters. The zero-order valence-electron chi connectivity index (χ0n) is 15.6. The maximum Gasteiger partial charge on any atom is 0.0703 e. The molecule has 23 heavy (non-hydrogen) atoms. The first-order valence-corrected chi connectivity index (χ1v) is 7.48. The van der Waals surface area contributed by atoms with Crippen molar-refractivity contribution < 1.29 is 42.2 Å². The summed E-state index contributed by atoms with van der Waals surface area (Å²) in [6, 6.07) is 8.10. The minimum Gasteiger partial charge on any atom is -0.541 e. The molecule has 0 saturated carbocycles. The Morgan fingerprint density at radius 2 is 1.35 bits per heavy atom. The zero-order valence-corrected chi connectivity index (χ0v) is 18.5. The number of rotatable bonds is 2. The molecule has 0 aromatic heterocycles. The summed E-state index contributed by atoms with van der Waals surface area (Å²) in [6.45, 7) is 20.1. The fraction of sp³-hybridized carbons (Fsp3) is 0.600. The maximum atomic E-state index is 9.70. The summed E-state index contributed by atoms with van der Waals surface area (Å²) in [6.07, 6.45) is 1.85. The third-order valence-electron chi connectivity index (χ3n) is 2.00. The van der Waals surface area contributed by atoms with E-state index in [-0.39, 0.29) is 51.2 Å². The van der Waals surface area contributed by atoms with Crippen LogP contribution in [0.4, 0.5) is 0 Å². The summed E-state index contributed by atoms with van der Waals surface area (Å²) < 4.78 is 5.63. The minimum absolute atomic E-state index is 0.